The highest BCUT2D eigenvalue weighted by atomic mass is 16.5. The minimum atomic E-state index is 0.463. The van der Waals surface area contributed by atoms with Crippen LogP contribution in [0.15, 0.2) is 73.2 Å². The van der Waals surface area contributed by atoms with Crippen molar-refractivity contribution in [2.75, 3.05) is 5.73 Å². The monoisotopic (exact) mass is 302 g/mol. The maximum atomic E-state index is 5.97. The molecule has 0 fully saturated rings. The fourth-order valence-corrected chi connectivity index (χ4v) is 2.51. The van der Waals surface area contributed by atoms with Crippen LogP contribution in [0.4, 0.5) is 5.82 Å². The molecule has 2 aromatic carbocycles. The highest BCUT2D eigenvalue weighted by Gasteiger charge is 2.08. The second kappa shape index (κ2) is 5.46. The first kappa shape index (κ1) is 13.3. The summed E-state index contributed by atoms with van der Waals surface area (Å²) in [7, 11) is 0. The maximum absolute atomic E-state index is 5.97. The van der Waals surface area contributed by atoms with Crippen molar-refractivity contribution in [2.45, 2.75) is 0 Å². The number of nitrogen functional groups attached to an aromatic ring is 1. The molecule has 112 valence electrons. The van der Waals surface area contributed by atoms with Gasteiger partial charge in [0.1, 0.15) is 23.3 Å². The van der Waals surface area contributed by atoms with Gasteiger partial charge < -0.3 is 15.0 Å². The van der Waals surface area contributed by atoms with Gasteiger partial charge in [-0.25, -0.2) is 9.97 Å². The normalized spacial score (nSPS) is 10.8. The van der Waals surface area contributed by atoms with Crippen LogP contribution in [0.3, 0.4) is 0 Å². The summed E-state index contributed by atoms with van der Waals surface area (Å²) in [5.74, 6) is 2.05. The van der Waals surface area contributed by atoms with E-state index in [0.717, 1.165) is 28.2 Å². The van der Waals surface area contributed by atoms with Crippen LogP contribution in [-0.2, 0) is 0 Å². The molecule has 23 heavy (non-hydrogen) atoms. The summed E-state index contributed by atoms with van der Waals surface area (Å²) in [6.07, 6.45) is 3.40. The lowest BCUT2D eigenvalue weighted by atomic mass is 10.3. The molecule has 0 aliphatic carbocycles. The Morgan fingerprint density at radius 1 is 0.826 bits per heavy atom. The second-order valence-electron chi connectivity index (χ2n) is 5.09. The molecule has 5 heteroatoms. The van der Waals surface area contributed by atoms with Crippen LogP contribution in [0.25, 0.3) is 16.7 Å². The molecule has 0 saturated heterocycles. The Bertz CT molecular complexity index is 946. The maximum Gasteiger partial charge on any atom is 0.151 e. The Labute approximate surface area is 133 Å². The van der Waals surface area contributed by atoms with E-state index in [1.165, 1.54) is 6.33 Å². The van der Waals surface area contributed by atoms with E-state index in [-0.39, 0.29) is 0 Å². The van der Waals surface area contributed by atoms with Crippen molar-refractivity contribution in [3.05, 3.63) is 73.2 Å². The lowest BCUT2D eigenvalue weighted by molar-refractivity contribution is 0.482. The number of hydrogen-bond donors (Lipinski definition) is 1. The SMILES string of the molecule is Nc1ncnc2ccn(-c3ccc(Oc4ccccc4)cc3)c12. The van der Waals surface area contributed by atoms with E-state index in [1.54, 1.807) is 0 Å². The smallest absolute Gasteiger partial charge is 0.151 e. The Kier molecular flexibility index (Phi) is 3.16. The van der Waals surface area contributed by atoms with Gasteiger partial charge >= 0.3 is 0 Å². The van der Waals surface area contributed by atoms with E-state index in [1.807, 2.05) is 71.4 Å². The molecule has 0 unspecified atom stereocenters. The predicted molar refractivity (Wildman–Crippen MR) is 89.8 cm³/mol. The zero-order valence-electron chi connectivity index (χ0n) is 12.3. The van der Waals surface area contributed by atoms with E-state index in [4.69, 9.17) is 10.5 Å². The van der Waals surface area contributed by atoms with Crippen molar-refractivity contribution in [3.8, 4) is 17.2 Å². The molecule has 0 atom stereocenters. The minimum absolute atomic E-state index is 0.463. The van der Waals surface area contributed by atoms with Crippen LogP contribution in [-0.4, -0.2) is 14.5 Å². The zero-order valence-corrected chi connectivity index (χ0v) is 12.3. The molecular weight excluding hydrogens is 288 g/mol. The summed E-state index contributed by atoms with van der Waals surface area (Å²) in [6.45, 7) is 0. The van der Waals surface area contributed by atoms with Crippen molar-refractivity contribution in [1.29, 1.82) is 0 Å². The van der Waals surface area contributed by atoms with Crippen LogP contribution >= 0.6 is 0 Å². The number of benzene rings is 2. The highest BCUT2D eigenvalue weighted by molar-refractivity contribution is 5.86. The molecule has 2 heterocycles. The first-order valence-corrected chi connectivity index (χ1v) is 7.22. The van der Waals surface area contributed by atoms with Crippen LogP contribution < -0.4 is 10.5 Å². The number of aromatic nitrogens is 3. The molecule has 5 nitrogen and oxygen atoms in total. The van der Waals surface area contributed by atoms with Crippen molar-refractivity contribution >= 4 is 16.9 Å². The van der Waals surface area contributed by atoms with Crippen LogP contribution in [0.5, 0.6) is 11.5 Å². The Balaban J connectivity index is 1.67. The van der Waals surface area contributed by atoms with Gasteiger partial charge in [-0.1, -0.05) is 18.2 Å². The number of nitrogens with zero attached hydrogens (tertiary/aromatic N) is 3. The number of fused-ring (bicyclic) bond motifs is 1. The molecule has 0 aliphatic heterocycles. The molecule has 0 bridgehead atoms. The molecule has 2 N–H and O–H groups in total. The number of nitrogens with two attached hydrogens (primary N) is 1. The van der Waals surface area contributed by atoms with Crippen molar-refractivity contribution in [2.24, 2.45) is 0 Å². The Morgan fingerprint density at radius 2 is 1.57 bits per heavy atom. The summed E-state index contributed by atoms with van der Waals surface area (Å²) in [6, 6.07) is 19.4. The van der Waals surface area contributed by atoms with Gasteiger partial charge in [-0.2, -0.15) is 0 Å². The number of anilines is 1. The van der Waals surface area contributed by atoms with Gasteiger partial charge in [0.05, 0.1) is 5.52 Å². The van der Waals surface area contributed by atoms with E-state index in [9.17, 15) is 0 Å². The summed E-state index contributed by atoms with van der Waals surface area (Å²) < 4.78 is 7.77. The average molecular weight is 302 g/mol. The topological polar surface area (TPSA) is 66.0 Å². The molecule has 0 saturated carbocycles. The molecule has 0 spiro atoms. The lowest BCUT2D eigenvalue weighted by Gasteiger charge is -2.09. The Hall–Kier alpha value is -3.34. The van der Waals surface area contributed by atoms with E-state index in [2.05, 4.69) is 9.97 Å². The molecule has 0 radical (unpaired) electrons. The molecular formula is C18H14N4O. The third kappa shape index (κ3) is 2.48. The van der Waals surface area contributed by atoms with E-state index in [0.29, 0.717) is 5.82 Å². The second-order valence-corrected chi connectivity index (χ2v) is 5.09. The average Bonchev–Trinajstić information content (AvgIpc) is 3.02. The fourth-order valence-electron chi connectivity index (χ4n) is 2.51. The first-order chi connectivity index (χ1) is 11.3. The fraction of sp³-hybridized carbons (Fsp3) is 0. The van der Waals surface area contributed by atoms with Gasteiger partial charge in [0.25, 0.3) is 0 Å². The highest BCUT2D eigenvalue weighted by Crippen LogP contribution is 2.25. The molecule has 0 aliphatic rings. The number of hydrogen-bond acceptors (Lipinski definition) is 4. The lowest BCUT2D eigenvalue weighted by Crippen LogP contribution is -1.98. The molecule has 4 rings (SSSR count). The standard InChI is InChI=1S/C18H14N4O/c19-18-17-16(20-12-21-18)10-11-22(17)13-6-8-15(9-7-13)23-14-4-2-1-3-5-14/h1-12H,(H2,19,20,21). The zero-order chi connectivity index (χ0) is 15.6. The summed E-state index contributed by atoms with van der Waals surface area (Å²) in [5, 5.41) is 0. The molecule has 0 amide bonds. The molecule has 4 aromatic rings. The third-order valence-corrected chi connectivity index (χ3v) is 3.60. The largest absolute Gasteiger partial charge is 0.457 e. The van der Waals surface area contributed by atoms with E-state index >= 15 is 0 Å². The van der Waals surface area contributed by atoms with Gasteiger partial charge in [-0.15, -0.1) is 0 Å². The van der Waals surface area contributed by atoms with Crippen LogP contribution in [0.1, 0.15) is 0 Å². The predicted octanol–water partition coefficient (Wildman–Crippen LogP) is 3.80. The van der Waals surface area contributed by atoms with Gasteiger partial charge in [-0.05, 0) is 42.5 Å². The summed E-state index contributed by atoms with van der Waals surface area (Å²) >= 11 is 0. The van der Waals surface area contributed by atoms with Crippen molar-refractivity contribution in [3.63, 3.8) is 0 Å². The summed E-state index contributed by atoms with van der Waals surface area (Å²) in [5.41, 5.74) is 8.58. The quantitative estimate of drug-likeness (QED) is 0.625. The van der Waals surface area contributed by atoms with Gasteiger partial charge in [-0.3, -0.25) is 0 Å². The van der Waals surface area contributed by atoms with Crippen LogP contribution in [0, 0.1) is 0 Å². The van der Waals surface area contributed by atoms with Gasteiger partial charge in [0, 0.05) is 11.9 Å². The Morgan fingerprint density at radius 3 is 2.35 bits per heavy atom. The van der Waals surface area contributed by atoms with E-state index < -0.39 is 0 Å². The summed E-state index contributed by atoms with van der Waals surface area (Å²) in [4.78, 5) is 8.29. The molecule has 2 aromatic heterocycles. The van der Waals surface area contributed by atoms with Gasteiger partial charge in [0.2, 0.25) is 0 Å². The number of ether oxygens (including phenoxy) is 1. The number of rotatable bonds is 3. The number of para-hydroxylation sites is 1. The van der Waals surface area contributed by atoms with Crippen molar-refractivity contribution in [1.82, 2.24) is 14.5 Å². The van der Waals surface area contributed by atoms with Gasteiger partial charge in [0.15, 0.2) is 5.82 Å². The third-order valence-electron chi connectivity index (χ3n) is 3.60. The van der Waals surface area contributed by atoms with Crippen molar-refractivity contribution < 1.29 is 4.74 Å². The van der Waals surface area contributed by atoms with Crippen LogP contribution in [0.2, 0.25) is 0 Å². The first-order valence-electron chi connectivity index (χ1n) is 7.22. The minimum Gasteiger partial charge on any atom is -0.457 e.